The Labute approximate surface area is 101 Å². The zero-order chi connectivity index (χ0) is 11.7. The zero-order valence-corrected chi connectivity index (χ0v) is 10.2. The number of pyridine rings is 1. The number of aryl methyl sites for hydroxylation is 1. The lowest BCUT2D eigenvalue weighted by molar-refractivity contribution is 0.394. The molecule has 3 heterocycles. The molecule has 0 aliphatic carbocycles. The lowest BCUT2D eigenvalue weighted by Gasteiger charge is -2.21. The summed E-state index contributed by atoms with van der Waals surface area (Å²) in [5, 5.41) is 8.11. The fourth-order valence-corrected chi connectivity index (χ4v) is 2.49. The zero-order valence-electron chi connectivity index (χ0n) is 10.2. The van der Waals surface area contributed by atoms with Crippen LogP contribution in [-0.2, 0) is 6.42 Å². The van der Waals surface area contributed by atoms with Crippen LogP contribution in [-0.4, -0.2) is 27.2 Å². The van der Waals surface area contributed by atoms with Gasteiger partial charge in [-0.2, -0.15) is 5.10 Å². The summed E-state index contributed by atoms with van der Waals surface area (Å²) in [5.41, 5.74) is 2.09. The molecule has 4 nitrogen and oxygen atoms in total. The molecule has 1 unspecified atom stereocenters. The molecule has 4 heteroatoms. The van der Waals surface area contributed by atoms with E-state index in [1.165, 1.54) is 19.3 Å². The molecule has 17 heavy (non-hydrogen) atoms. The van der Waals surface area contributed by atoms with Gasteiger partial charge in [0.1, 0.15) is 0 Å². The van der Waals surface area contributed by atoms with Crippen molar-refractivity contribution in [1.82, 2.24) is 19.9 Å². The molecule has 2 aromatic rings. The molecule has 1 aliphatic heterocycles. The fourth-order valence-electron chi connectivity index (χ4n) is 2.49. The molecule has 3 rings (SSSR count). The third-order valence-electron chi connectivity index (χ3n) is 3.43. The molecular weight excluding hydrogens is 212 g/mol. The second kappa shape index (κ2) is 4.45. The van der Waals surface area contributed by atoms with Crippen LogP contribution in [0.25, 0.3) is 5.65 Å². The van der Waals surface area contributed by atoms with E-state index >= 15 is 0 Å². The Hall–Kier alpha value is -1.42. The third-order valence-corrected chi connectivity index (χ3v) is 3.43. The van der Waals surface area contributed by atoms with E-state index in [0.717, 1.165) is 30.1 Å². The summed E-state index contributed by atoms with van der Waals surface area (Å²) in [6, 6.07) is 6.66. The number of fused-ring (bicyclic) bond motifs is 1. The van der Waals surface area contributed by atoms with Crippen LogP contribution in [0.4, 0.5) is 0 Å². The highest BCUT2D eigenvalue weighted by molar-refractivity contribution is 5.38. The highest BCUT2D eigenvalue weighted by atomic mass is 15.3. The molecule has 2 aromatic heterocycles. The van der Waals surface area contributed by atoms with E-state index in [9.17, 15) is 0 Å². The molecule has 90 valence electrons. The molecule has 0 amide bonds. The number of piperidine rings is 1. The molecule has 1 aliphatic rings. The number of hydrogen-bond donors (Lipinski definition) is 1. The molecule has 0 aromatic carbocycles. The number of aromatic nitrogens is 3. The Bertz CT molecular complexity index is 511. The van der Waals surface area contributed by atoms with Crippen molar-refractivity contribution in [2.75, 3.05) is 6.54 Å². The highest BCUT2D eigenvalue weighted by Crippen LogP contribution is 2.12. The van der Waals surface area contributed by atoms with E-state index in [2.05, 4.69) is 28.4 Å². The molecule has 1 saturated heterocycles. The number of nitrogens with zero attached hydrogens (tertiary/aromatic N) is 3. The summed E-state index contributed by atoms with van der Waals surface area (Å²) < 4.78 is 1.93. The summed E-state index contributed by atoms with van der Waals surface area (Å²) in [4.78, 5) is 4.58. The van der Waals surface area contributed by atoms with E-state index in [1.807, 2.05) is 16.6 Å². The van der Waals surface area contributed by atoms with Crippen LogP contribution in [0.15, 0.2) is 18.2 Å². The van der Waals surface area contributed by atoms with Gasteiger partial charge in [-0.1, -0.05) is 12.5 Å². The van der Waals surface area contributed by atoms with Crippen LogP contribution in [0.3, 0.4) is 0 Å². The van der Waals surface area contributed by atoms with Crippen molar-refractivity contribution in [3.63, 3.8) is 0 Å². The maximum absolute atomic E-state index is 4.58. The van der Waals surface area contributed by atoms with E-state index in [1.54, 1.807) is 0 Å². The van der Waals surface area contributed by atoms with E-state index in [0.29, 0.717) is 6.04 Å². The first-order valence-electron chi connectivity index (χ1n) is 6.37. The predicted molar refractivity (Wildman–Crippen MR) is 67.1 cm³/mol. The van der Waals surface area contributed by atoms with Gasteiger partial charge in [-0.15, -0.1) is 0 Å². The van der Waals surface area contributed by atoms with Crippen molar-refractivity contribution in [3.8, 4) is 0 Å². The first-order chi connectivity index (χ1) is 8.33. The summed E-state index contributed by atoms with van der Waals surface area (Å²) >= 11 is 0. The smallest absolute Gasteiger partial charge is 0.155 e. The van der Waals surface area contributed by atoms with Gasteiger partial charge in [-0.05, 0) is 38.4 Å². The van der Waals surface area contributed by atoms with Gasteiger partial charge in [0.25, 0.3) is 0 Å². The normalized spacial score (nSPS) is 20.9. The quantitative estimate of drug-likeness (QED) is 0.854. The lowest BCUT2D eigenvalue weighted by atomic mass is 10.0. The molecule has 1 atom stereocenters. The topological polar surface area (TPSA) is 42.2 Å². The van der Waals surface area contributed by atoms with Crippen molar-refractivity contribution in [2.24, 2.45) is 0 Å². The Kier molecular flexibility index (Phi) is 2.81. The van der Waals surface area contributed by atoms with Crippen molar-refractivity contribution in [1.29, 1.82) is 0 Å². The average molecular weight is 230 g/mol. The molecule has 0 spiro atoms. The van der Waals surface area contributed by atoms with E-state index in [4.69, 9.17) is 0 Å². The van der Waals surface area contributed by atoms with Gasteiger partial charge in [0.15, 0.2) is 11.5 Å². The first kappa shape index (κ1) is 10.7. The summed E-state index contributed by atoms with van der Waals surface area (Å²) in [7, 11) is 0. The highest BCUT2D eigenvalue weighted by Gasteiger charge is 2.15. The fraction of sp³-hybridized carbons (Fsp3) is 0.538. The average Bonchev–Trinajstić information content (AvgIpc) is 2.74. The number of nitrogens with one attached hydrogen (secondary N) is 1. The van der Waals surface area contributed by atoms with Gasteiger partial charge in [0.05, 0.1) is 0 Å². The van der Waals surface area contributed by atoms with Crippen molar-refractivity contribution >= 4 is 5.65 Å². The Morgan fingerprint density at radius 3 is 3.12 bits per heavy atom. The van der Waals surface area contributed by atoms with Crippen LogP contribution < -0.4 is 5.32 Å². The Balaban J connectivity index is 1.83. The van der Waals surface area contributed by atoms with Gasteiger partial charge < -0.3 is 5.32 Å². The summed E-state index contributed by atoms with van der Waals surface area (Å²) in [6.45, 7) is 3.20. The minimum Gasteiger partial charge on any atom is -0.314 e. The van der Waals surface area contributed by atoms with Crippen molar-refractivity contribution in [3.05, 3.63) is 29.7 Å². The minimum absolute atomic E-state index is 0.557. The molecule has 1 fully saturated rings. The molecular formula is C13H18N4. The molecule has 1 N–H and O–H groups in total. The SMILES string of the molecule is Cc1cccc2nc(CC3CCCCN3)nn12. The van der Waals surface area contributed by atoms with Gasteiger partial charge in [-0.25, -0.2) is 9.50 Å². The number of hydrogen-bond acceptors (Lipinski definition) is 3. The minimum atomic E-state index is 0.557. The van der Waals surface area contributed by atoms with Crippen LogP contribution in [0.1, 0.15) is 30.8 Å². The van der Waals surface area contributed by atoms with E-state index in [-0.39, 0.29) is 0 Å². The summed E-state index contributed by atoms with van der Waals surface area (Å²) in [5.74, 6) is 0.957. The maximum atomic E-state index is 4.58. The van der Waals surface area contributed by atoms with Gasteiger partial charge in [0.2, 0.25) is 0 Å². The van der Waals surface area contributed by atoms with Crippen LogP contribution >= 0.6 is 0 Å². The third kappa shape index (κ3) is 2.17. The second-order valence-electron chi connectivity index (χ2n) is 4.82. The van der Waals surface area contributed by atoms with Gasteiger partial charge in [-0.3, -0.25) is 0 Å². The predicted octanol–water partition coefficient (Wildman–Crippen LogP) is 1.72. The number of rotatable bonds is 2. The Morgan fingerprint density at radius 1 is 1.41 bits per heavy atom. The van der Waals surface area contributed by atoms with E-state index < -0.39 is 0 Å². The molecule has 0 bridgehead atoms. The first-order valence-corrected chi connectivity index (χ1v) is 6.37. The van der Waals surface area contributed by atoms with Crippen LogP contribution in [0.2, 0.25) is 0 Å². The van der Waals surface area contributed by atoms with Gasteiger partial charge >= 0.3 is 0 Å². The molecule has 0 radical (unpaired) electrons. The largest absolute Gasteiger partial charge is 0.314 e. The maximum Gasteiger partial charge on any atom is 0.155 e. The van der Waals surface area contributed by atoms with Crippen LogP contribution in [0, 0.1) is 6.92 Å². The Morgan fingerprint density at radius 2 is 2.35 bits per heavy atom. The van der Waals surface area contributed by atoms with Crippen LogP contribution in [0.5, 0.6) is 0 Å². The second-order valence-corrected chi connectivity index (χ2v) is 4.82. The lowest BCUT2D eigenvalue weighted by Crippen LogP contribution is -2.35. The monoisotopic (exact) mass is 230 g/mol. The molecule has 0 saturated carbocycles. The van der Waals surface area contributed by atoms with Crippen molar-refractivity contribution < 1.29 is 0 Å². The van der Waals surface area contributed by atoms with Gasteiger partial charge in [0, 0.05) is 18.2 Å². The van der Waals surface area contributed by atoms with Crippen molar-refractivity contribution in [2.45, 2.75) is 38.6 Å². The summed E-state index contributed by atoms with van der Waals surface area (Å²) in [6.07, 6.45) is 4.81. The standard InChI is InChI=1S/C13H18N4/c1-10-5-4-7-13-15-12(16-17(10)13)9-11-6-2-3-8-14-11/h4-5,7,11,14H,2-3,6,8-9H2,1H3.